The van der Waals surface area contributed by atoms with E-state index >= 15 is 0 Å². The van der Waals surface area contributed by atoms with Gasteiger partial charge in [-0.2, -0.15) is 5.10 Å². The van der Waals surface area contributed by atoms with Crippen LogP contribution in [-0.2, 0) is 7.05 Å². The van der Waals surface area contributed by atoms with Crippen molar-refractivity contribution in [1.82, 2.24) is 9.78 Å². The van der Waals surface area contributed by atoms with Crippen LogP contribution in [0.15, 0.2) is 0 Å². The number of anilines is 1. The van der Waals surface area contributed by atoms with E-state index in [9.17, 15) is 0 Å². The van der Waals surface area contributed by atoms with Gasteiger partial charge in [-0.25, -0.2) is 0 Å². The van der Waals surface area contributed by atoms with E-state index in [0.717, 1.165) is 17.1 Å². The highest BCUT2D eigenvalue weighted by molar-refractivity contribution is 5.85. The maximum Gasteiger partial charge on any atom is 0.124 e. The third-order valence-corrected chi connectivity index (χ3v) is 1.58. The van der Waals surface area contributed by atoms with Crippen LogP contribution in [0.2, 0.25) is 0 Å². The third-order valence-electron chi connectivity index (χ3n) is 1.58. The quantitative estimate of drug-likeness (QED) is 0.618. The van der Waals surface area contributed by atoms with Crippen LogP contribution < -0.4 is 5.73 Å². The molecule has 0 fully saturated rings. The van der Waals surface area contributed by atoms with Crippen LogP contribution in [0.4, 0.5) is 5.82 Å². The highest BCUT2D eigenvalue weighted by atomic mass is 35.5. The van der Waals surface area contributed by atoms with Crippen molar-refractivity contribution >= 4 is 18.2 Å². The number of nitrogen functional groups attached to an aromatic ring is 1. The summed E-state index contributed by atoms with van der Waals surface area (Å²) in [6, 6.07) is 0. The Hall–Kier alpha value is -0.700. The van der Waals surface area contributed by atoms with Crippen LogP contribution >= 0.6 is 12.4 Å². The zero-order valence-corrected chi connectivity index (χ0v) is 7.20. The molecule has 1 aromatic heterocycles. The summed E-state index contributed by atoms with van der Waals surface area (Å²) in [6.45, 7) is 3.92. The predicted molar refractivity (Wildman–Crippen MR) is 44.3 cm³/mol. The Morgan fingerprint density at radius 3 is 2.00 bits per heavy atom. The van der Waals surface area contributed by atoms with Crippen LogP contribution in [0, 0.1) is 13.8 Å². The fraction of sp³-hybridized carbons (Fsp3) is 0.500. The van der Waals surface area contributed by atoms with Gasteiger partial charge in [0.05, 0.1) is 5.69 Å². The summed E-state index contributed by atoms with van der Waals surface area (Å²) in [4.78, 5) is 0. The first-order valence-corrected chi connectivity index (χ1v) is 2.88. The van der Waals surface area contributed by atoms with Gasteiger partial charge < -0.3 is 5.73 Å². The summed E-state index contributed by atoms with van der Waals surface area (Å²) < 4.78 is 1.69. The van der Waals surface area contributed by atoms with Crippen molar-refractivity contribution in [3.63, 3.8) is 0 Å². The molecule has 0 radical (unpaired) electrons. The molecule has 58 valence electrons. The van der Waals surface area contributed by atoms with E-state index in [2.05, 4.69) is 5.10 Å². The predicted octanol–water partition coefficient (Wildman–Crippen LogP) is 1.04. The Morgan fingerprint density at radius 1 is 1.40 bits per heavy atom. The van der Waals surface area contributed by atoms with E-state index < -0.39 is 0 Å². The second-order valence-corrected chi connectivity index (χ2v) is 2.22. The molecule has 3 nitrogen and oxygen atoms in total. The maximum absolute atomic E-state index is 5.60. The molecular formula is C6H12ClN3. The van der Waals surface area contributed by atoms with Crippen LogP contribution in [0.5, 0.6) is 0 Å². The van der Waals surface area contributed by atoms with Gasteiger partial charge in [0, 0.05) is 12.6 Å². The van der Waals surface area contributed by atoms with E-state index in [1.165, 1.54) is 0 Å². The van der Waals surface area contributed by atoms with Crippen LogP contribution in [-0.4, -0.2) is 9.78 Å². The molecule has 0 unspecified atom stereocenters. The van der Waals surface area contributed by atoms with Crippen LogP contribution in [0.1, 0.15) is 11.3 Å². The highest BCUT2D eigenvalue weighted by Gasteiger charge is 2.02. The topological polar surface area (TPSA) is 43.8 Å². The molecule has 1 rings (SSSR count). The highest BCUT2D eigenvalue weighted by Crippen LogP contribution is 2.11. The molecule has 0 aromatic carbocycles. The van der Waals surface area contributed by atoms with Gasteiger partial charge in [-0.05, 0) is 13.8 Å². The molecule has 0 aliphatic carbocycles. The second-order valence-electron chi connectivity index (χ2n) is 2.22. The molecule has 4 heteroatoms. The molecule has 1 aromatic rings. The average molecular weight is 162 g/mol. The molecule has 0 aliphatic heterocycles. The van der Waals surface area contributed by atoms with Crippen LogP contribution in [0.25, 0.3) is 0 Å². The standard InChI is InChI=1S/C6H11N3.ClH/c1-4-5(2)8-9(3)6(4)7;/h7H2,1-3H3;1H. The summed E-state index contributed by atoms with van der Waals surface area (Å²) in [5, 5.41) is 4.10. The van der Waals surface area contributed by atoms with Crippen molar-refractivity contribution < 1.29 is 0 Å². The van der Waals surface area contributed by atoms with Crippen molar-refractivity contribution in [3.05, 3.63) is 11.3 Å². The molecular weight excluding hydrogens is 150 g/mol. The van der Waals surface area contributed by atoms with Gasteiger partial charge in [-0.1, -0.05) is 0 Å². The first-order valence-electron chi connectivity index (χ1n) is 2.88. The van der Waals surface area contributed by atoms with Gasteiger partial charge in [0.1, 0.15) is 5.82 Å². The van der Waals surface area contributed by atoms with Gasteiger partial charge >= 0.3 is 0 Å². The maximum atomic E-state index is 5.60. The van der Waals surface area contributed by atoms with Gasteiger partial charge in [0.15, 0.2) is 0 Å². The third kappa shape index (κ3) is 1.24. The summed E-state index contributed by atoms with van der Waals surface area (Å²) in [7, 11) is 1.84. The van der Waals surface area contributed by atoms with E-state index in [4.69, 9.17) is 5.73 Å². The fourth-order valence-corrected chi connectivity index (χ4v) is 0.782. The van der Waals surface area contributed by atoms with Gasteiger partial charge in [-0.3, -0.25) is 4.68 Å². The number of nitrogens with zero attached hydrogens (tertiary/aromatic N) is 2. The molecule has 0 atom stereocenters. The monoisotopic (exact) mass is 161 g/mol. The Kier molecular flexibility index (Phi) is 2.72. The molecule has 0 bridgehead atoms. The minimum Gasteiger partial charge on any atom is -0.384 e. The number of hydrogen-bond acceptors (Lipinski definition) is 2. The van der Waals surface area contributed by atoms with Crippen molar-refractivity contribution in [2.75, 3.05) is 5.73 Å². The number of aromatic nitrogens is 2. The smallest absolute Gasteiger partial charge is 0.124 e. The minimum atomic E-state index is 0. The molecule has 10 heavy (non-hydrogen) atoms. The van der Waals surface area contributed by atoms with E-state index in [-0.39, 0.29) is 12.4 Å². The summed E-state index contributed by atoms with van der Waals surface area (Å²) in [5.74, 6) is 0.757. The Morgan fingerprint density at radius 2 is 1.90 bits per heavy atom. The zero-order valence-electron chi connectivity index (χ0n) is 6.38. The number of rotatable bonds is 0. The minimum absolute atomic E-state index is 0. The lowest BCUT2D eigenvalue weighted by Crippen LogP contribution is -1.97. The molecule has 2 N–H and O–H groups in total. The van der Waals surface area contributed by atoms with Crippen molar-refractivity contribution in [2.24, 2.45) is 7.05 Å². The number of nitrogens with two attached hydrogens (primary N) is 1. The van der Waals surface area contributed by atoms with Crippen molar-refractivity contribution in [1.29, 1.82) is 0 Å². The molecule has 1 heterocycles. The molecule has 0 saturated heterocycles. The lowest BCUT2D eigenvalue weighted by molar-refractivity contribution is 0.767. The molecule has 0 saturated carbocycles. The Bertz CT molecular complexity index is 207. The Balaban J connectivity index is 0.000000810. The normalized spacial score (nSPS) is 9.10. The van der Waals surface area contributed by atoms with E-state index in [1.807, 2.05) is 20.9 Å². The number of aryl methyl sites for hydroxylation is 2. The zero-order chi connectivity index (χ0) is 7.02. The van der Waals surface area contributed by atoms with Crippen molar-refractivity contribution in [2.45, 2.75) is 13.8 Å². The molecule has 0 spiro atoms. The first-order chi connectivity index (χ1) is 4.13. The van der Waals surface area contributed by atoms with Crippen molar-refractivity contribution in [3.8, 4) is 0 Å². The molecule has 0 aliphatic rings. The summed E-state index contributed by atoms with van der Waals surface area (Å²) in [5.41, 5.74) is 7.69. The van der Waals surface area contributed by atoms with E-state index in [1.54, 1.807) is 4.68 Å². The van der Waals surface area contributed by atoms with Gasteiger partial charge in [0.2, 0.25) is 0 Å². The first kappa shape index (κ1) is 9.30. The van der Waals surface area contributed by atoms with Crippen LogP contribution in [0.3, 0.4) is 0 Å². The Labute approximate surface area is 66.6 Å². The summed E-state index contributed by atoms with van der Waals surface area (Å²) in [6.07, 6.45) is 0. The largest absolute Gasteiger partial charge is 0.384 e. The number of hydrogen-bond donors (Lipinski definition) is 1. The van der Waals surface area contributed by atoms with Gasteiger partial charge in [-0.15, -0.1) is 12.4 Å². The van der Waals surface area contributed by atoms with E-state index in [0.29, 0.717) is 0 Å². The fourth-order valence-electron chi connectivity index (χ4n) is 0.782. The van der Waals surface area contributed by atoms with Gasteiger partial charge in [0.25, 0.3) is 0 Å². The second kappa shape index (κ2) is 2.92. The SMILES string of the molecule is Cc1nn(C)c(N)c1C.Cl. The average Bonchev–Trinajstić information content (AvgIpc) is 1.98. The summed E-state index contributed by atoms with van der Waals surface area (Å²) >= 11 is 0. The molecule has 0 amide bonds. The number of halogens is 1. The lowest BCUT2D eigenvalue weighted by atomic mass is 10.3. The lowest BCUT2D eigenvalue weighted by Gasteiger charge is -1.91.